The molecule has 3 aliphatic heterocycles. The van der Waals surface area contributed by atoms with E-state index >= 15 is 0 Å². The SMILES string of the molecule is CCC(NC(C)=O)c1cc(Cl)ccc1C1CC2CCC(C1)N2C(=O)C1CN(C(C)(C)C)C[C@H]1c1ccc(F)cc1C. The quantitative estimate of drug-likeness (QED) is 0.395. The van der Waals surface area contributed by atoms with Crippen LogP contribution in [0.1, 0.15) is 107 Å². The molecule has 2 aromatic rings. The molecular weight excluding hydrogens is 537 g/mol. The highest BCUT2D eigenvalue weighted by atomic mass is 35.5. The van der Waals surface area contributed by atoms with Crippen LogP contribution in [0.4, 0.5) is 4.39 Å². The lowest BCUT2D eigenvalue weighted by Crippen LogP contribution is -2.50. The molecule has 5 rings (SSSR count). The normalized spacial score (nSPS) is 27.2. The molecule has 5 atom stereocenters. The Kier molecular flexibility index (Phi) is 8.56. The van der Waals surface area contributed by atoms with Crippen molar-refractivity contribution in [2.24, 2.45) is 5.92 Å². The van der Waals surface area contributed by atoms with E-state index in [0.29, 0.717) is 10.9 Å². The van der Waals surface area contributed by atoms with E-state index in [0.717, 1.165) is 61.9 Å². The lowest BCUT2D eigenvalue weighted by molar-refractivity contribution is -0.140. The van der Waals surface area contributed by atoms with Crippen molar-refractivity contribution >= 4 is 23.4 Å². The highest BCUT2D eigenvalue weighted by molar-refractivity contribution is 6.30. The average Bonchev–Trinajstić information content (AvgIpc) is 3.46. The van der Waals surface area contributed by atoms with Crippen LogP contribution in [0.15, 0.2) is 36.4 Å². The van der Waals surface area contributed by atoms with Crippen molar-refractivity contribution < 1.29 is 14.0 Å². The number of fused-ring (bicyclic) bond motifs is 2. The van der Waals surface area contributed by atoms with Crippen LogP contribution in [-0.2, 0) is 9.59 Å². The maximum atomic E-state index is 14.5. The van der Waals surface area contributed by atoms with Crippen molar-refractivity contribution in [2.45, 2.75) is 109 Å². The molecule has 3 aliphatic rings. The first kappa shape index (κ1) is 30.0. The average molecular weight is 582 g/mol. The van der Waals surface area contributed by atoms with E-state index in [1.54, 1.807) is 13.0 Å². The van der Waals surface area contributed by atoms with Gasteiger partial charge in [0.2, 0.25) is 11.8 Å². The van der Waals surface area contributed by atoms with Gasteiger partial charge in [0, 0.05) is 48.6 Å². The number of halogens is 2. The Labute approximate surface area is 249 Å². The summed E-state index contributed by atoms with van der Waals surface area (Å²) < 4.78 is 14.0. The van der Waals surface area contributed by atoms with Gasteiger partial charge < -0.3 is 10.2 Å². The summed E-state index contributed by atoms with van der Waals surface area (Å²) in [6, 6.07) is 11.4. The van der Waals surface area contributed by atoms with Gasteiger partial charge in [-0.25, -0.2) is 4.39 Å². The molecule has 0 saturated carbocycles. The molecule has 3 fully saturated rings. The van der Waals surface area contributed by atoms with Gasteiger partial charge in [-0.05, 0) is 112 Å². The molecule has 0 aliphatic carbocycles. The van der Waals surface area contributed by atoms with E-state index in [1.807, 2.05) is 25.1 Å². The van der Waals surface area contributed by atoms with E-state index < -0.39 is 0 Å². The highest BCUT2D eigenvalue weighted by Crippen LogP contribution is 2.48. The van der Waals surface area contributed by atoms with Crippen molar-refractivity contribution in [1.82, 2.24) is 15.1 Å². The minimum Gasteiger partial charge on any atom is -0.350 e. The maximum absolute atomic E-state index is 14.5. The molecule has 222 valence electrons. The van der Waals surface area contributed by atoms with Gasteiger partial charge in [0.15, 0.2) is 0 Å². The Morgan fingerprint density at radius 1 is 1.05 bits per heavy atom. The van der Waals surface area contributed by atoms with Crippen LogP contribution in [0.25, 0.3) is 0 Å². The maximum Gasteiger partial charge on any atom is 0.228 e. The zero-order valence-electron chi connectivity index (χ0n) is 25.3. The standard InChI is InChI=1S/C34H45ClFN3O2/c1-7-32(37-21(3)40)29-17-23(35)8-12-28(29)22-15-25-10-11-26(16-22)39(25)33(41)31-19-38(34(4,5)6)18-30(31)27-13-9-24(36)14-20(27)2/h8-9,12-14,17,22,25-26,30-32H,7,10-11,15-16,18-19H2,1-6H3,(H,37,40)/t22?,25?,26?,30-,31?,32?/m0/s1. The predicted molar refractivity (Wildman–Crippen MR) is 163 cm³/mol. The van der Waals surface area contributed by atoms with Gasteiger partial charge in [-0.1, -0.05) is 30.7 Å². The predicted octanol–water partition coefficient (Wildman–Crippen LogP) is 7.13. The summed E-state index contributed by atoms with van der Waals surface area (Å²) in [6.07, 6.45) is 4.67. The monoisotopic (exact) mass is 581 g/mol. The number of aryl methyl sites for hydroxylation is 1. The number of hydrogen-bond donors (Lipinski definition) is 1. The molecule has 1 N–H and O–H groups in total. The summed E-state index contributed by atoms with van der Waals surface area (Å²) in [5, 5.41) is 3.78. The van der Waals surface area contributed by atoms with E-state index in [1.165, 1.54) is 11.6 Å². The number of rotatable bonds is 6. The number of nitrogens with zero attached hydrogens (tertiary/aromatic N) is 2. The molecule has 5 nitrogen and oxygen atoms in total. The minimum absolute atomic E-state index is 0.0462. The lowest BCUT2D eigenvalue weighted by Gasteiger charge is -2.42. The third-order valence-corrected chi connectivity index (χ3v) is 10.1. The van der Waals surface area contributed by atoms with Crippen LogP contribution in [0.2, 0.25) is 5.02 Å². The minimum atomic E-state index is -0.231. The second kappa shape index (κ2) is 11.7. The van der Waals surface area contributed by atoms with Gasteiger partial charge in [0.1, 0.15) is 5.82 Å². The van der Waals surface area contributed by atoms with Crippen LogP contribution >= 0.6 is 11.6 Å². The molecule has 7 heteroatoms. The van der Waals surface area contributed by atoms with Crippen LogP contribution in [-0.4, -0.2) is 52.3 Å². The molecule has 4 unspecified atom stereocenters. The molecule has 2 bridgehead atoms. The fraction of sp³-hybridized carbons (Fsp3) is 0.588. The number of piperidine rings is 1. The zero-order chi connectivity index (χ0) is 29.6. The van der Waals surface area contributed by atoms with Crippen LogP contribution < -0.4 is 5.32 Å². The molecule has 0 aromatic heterocycles. The molecule has 0 radical (unpaired) electrons. The number of likely N-dealkylation sites (tertiary alicyclic amines) is 1. The Bertz CT molecular complexity index is 1290. The van der Waals surface area contributed by atoms with E-state index in [4.69, 9.17) is 11.6 Å². The summed E-state index contributed by atoms with van der Waals surface area (Å²) in [6.45, 7) is 13.7. The number of carbonyl (C=O) groups is 2. The molecule has 2 aromatic carbocycles. The first-order chi connectivity index (χ1) is 19.4. The van der Waals surface area contributed by atoms with Gasteiger partial charge in [0.25, 0.3) is 0 Å². The summed E-state index contributed by atoms with van der Waals surface area (Å²) in [4.78, 5) is 31.1. The van der Waals surface area contributed by atoms with E-state index in [9.17, 15) is 14.0 Å². The Balaban J connectivity index is 1.41. The summed E-state index contributed by atoms with van der Waals surface area (Å²) in [5.74, 6) is 0.202. The van der Waals surface area contributed by atoms with E-state index in [-0.39, 0.29) is 53.1 Å². The first-order valence-electron chi connectivity index (χ1n) is 15.3. The molecule has 0 spiro atoms. The van der Waals surface area contributed by atoms with Crippen LogP contribution in [0.3, 0.4) is 0 Å². The zero-order valence-corrected chi connectivity index (χ0v) is 26.1. The van der Waals surface area contributed by atoms with Crippen molar-refractivity contribution in [3.8, 4) is 0 Å². The third kappa shape index (κ3) is 6.06. The van der Waals surface area contributed by atoms with E-state index in [2.05, 4.69) is 48.9 Å². The van der Waals surface area contributed by atoms with Crippen molar-refractivity contribution in [1.29, 1.82) is 0 Å². The molecule has 3 saturated heterocycles. The van der Waals surface area contributed by atoms with Crippen LogP contribution in [0, 0.1) is 18.7 Å². The lowest BCUT2D eigenvalue weighted by atomic mass is 9.79. The topological polar surface area (TPSA) is 52.7 Å². The number of amides is 2. The van der Waals surface area contributed by atoms with Crippen molar-refractivity contribution in [2.75, 3.05) is 13.1 Å². The summed E-state index contributed by atoms with van der Waals surface area (Å²) in [5.41, 5.74) is 4.31. The van der Waals surface area contributed by atoms with Crippen LogP contribution in [0.5, 0.6) is 0 Å². The Morgan fingerprint density at radius 2 is 1.71 bits per heavy atom. The molecular formula is C34H45ClFN3O2. The fourth-order valence-electron chi connectivity index (χ4n) is 7.82. The highest BCUT2D eigenvalue weighted by Gasteiger charge is 2.50. The number of nitrogens with one attached hydrogen (secondary N) is 1. The number of benzene rings is 2. The Morgan fingerprint density at radius 3 is 2.29 bits per heavy atom. The summed E-state index contributed by atoms with van der Waals surface area (Å²) >= 11 is 6.44. The van der Waals surface area contributed by atoms with Gasteiger partial charge in [-0.15, -0.1) is 0 Å². The molecule has 41 heavy (non-hydrogen) atoms. The fourth-order valence-corrected chi connectivity index (χ4v) is 8.00. The Hall–Kier alpha value is -2.44. The van der Waals surface area contributed by atoms with Crippen molar-refractivity contribution in [3.63, 3.8) is 0 Å². The number of hydrogen-bond acceptors (Lipinski definition) is 3. The first-order valence-corrected chi connectivity index (χ1v) is 15.6. The molecule has 3 heterocycles. The summed E-state index contributed by atoms with van der Waals surface area (Å²) in [7, 11) is 0. The van der Waals surface area contributed by atoms with Crippen molar-refractivity contribution in [3.05, 3.63) is 69.5 Å². The molecule has 2 amide bonds. The largest absolute Gasteiger partial charge is 0.350 e. The van der Waals surface area contributed by atoms with Gasteiger partial charge in [-0.2, -0.15) is 0 Å². The van der Waals surface area contributed by atoms with Gasteiger partial charge in [0.05, 0.1) is 12.0 Å². The second-order valence-corrected chi connectivity index (χ2v) is 14.0. The second-order valence-electron chi connectivity index (χ2n) is 13.5. The van der Waals surface area contributed by atoms with Gasteiger partial charge >= 0.3 is 0 Å². The van der Waals surface area contributed by atoms with Gasteiger partial charge in [-0.3, -0.25) is 14.5 Å². The third-order valence-electron chi connectivity index (χ3n) is 9.85. The number of carbonyl (C=O) groups excluding carboxylic acids is 2. The smallest absolute Gasteiger partial charge is 0.228 e.